The lowest BCUT2D eigenvalue weighted by Gasteiger charge is -2.21. The lowest BCUT2D eigenvalue weighted by molar-refractivity contribution is -0.131. The molecule has 1 amide bonds. The van der Waals surface area contributed by atoms with Gasteiger partial charge in [0, 0.05) is 26.1 Å². The van der Waals surface area contributed by atoms with E-state index in [1.165, 1.54) is 16.3 Å². The van der Waals surface area contributed by atoms with Crippen molar-refractivity contribution in [3.63, 3.8) is 0 Å². The molecular weight excluding hydrogens is 308 g/mol. The zero-order valence-corrected chi connectivity index (χ0v) is 14.4. The highest BCUT2D eigenvalue weighted by Crippen LogP contribution is 2.27. The van der Waals surface area contributed by atoms with Crippen LogP contribution in [0.4, 0.5) is 0 Å². The molecule has 1 aliphatic rings. The van der Waals surface area contributed by atoms with Gasteiger partial charge in [0.2, 0.25) is 5.91 Å². The summed E-state index contributed by atoms with van der Waals surface area (Å²) >= 11 is 0. The number of nitrogens with two attached hydrogens (primary N) is 1. The monoisotopic (exact) mass is 332 g/mol. The Kier molecular flexibility index (Phi) is 6.03. The van der Waals surface area contributed by atoms with Crippen molar-refractivity contribution in [2.75, 3.05) is 7.05 Å². The van der Waals surface area contributed by atoms with Crippen LogP contribution in [0.2, 0.25) is 0 Å². The zero-order valence-electron chi connectivity index (χ0n) is 13.6. The molecule has 0 aromatic heterocycles. The first kappa shape index (κ1) is 17.8. The van der Waals surface area contributed by atoms with Gasteiger partial charge in [-0.3, -0.25) is 4.79 Å². The SMILES string of the molecule is CN(Cc1ccc2ccccc2c1)C(=O)C[C@@H]1CCC[C@H]1N.Cl. The fraction of sp³-hybridized carbons (Fsp3) is 0.421. The molecule has 0 saturated heterocycles. The summed E-state index contributed by atoms with van der Waals surface area (Å²) < 4.78 is 0. The number of nitrogens with zero attached hydrogens (tertiary/aromatic N) is 1. The van der Waals surface area contributed by atoms with Crippen molar-refractivity contribution in [3.05, 3.63) is 48.0 Å². The summed E-state index contributed by atoms with van der Waals surface area (Å²) in [5.74, 6) is 0.571. The van der Waals surface area contributed by atoms with Crippen LogP contribution in [0, 0.1) is 5.92 Å². The van der Waals surface area contributed by atoms with Crippen molar-refractivity contribution in [1.29, 1.82) is 0 Å². The van der Waals surface area contributed by atoms with E-state index in [1.54, 1.807) is 0 Å². The normalized spacial score (nSPS) is 20.3. The Morgan fingerprint density at radius 3 is 2.61 bits per heavy atom. The van der Waals surface area contributed by atoms with E-state index in [-0.39, 0.29) is 24.4 Å². The third-order valence-corrected chi connectivity index (χ3v) is 4.81. The molecule has 124 valence electrons. The van der Waals surface area contributed by atoms with Gasteiger partial charge >= 0.3 is 0 Å². The molecule has 3 rings (SSSR count). The lowest BCUT2D eigenvalue weighted by atomic mass is 9.99. The van der Waals surface area contributed by atoms with E-state index < -0.39 is 0 Å². The maximum atomic E-state index is 12.4. The predicted octanol–water partition coefficient (Wildman–Crippen LogP) is 3.74. The second kappa shape index (κ2) is 7.80. The van der Waals surface area contributed by atoms with Crippen LogP contribution in [0.15, 0.2) is 42.5 Å². The van der Waals surface area contributed by atoms with E-state index >= 15 is 0 Å². The molecule has 1 aliphatic carbocycles. The number of hydrogen-bond donors (Lipinski definition) is 1. The Balaban J connectivity index is 0.00000192. The Hall–Kier alpha value is -1.58. The van der Waals surface area contributed by atoms with Crippen LogP contribution in [-0.2, 0) is 11.3 Å². The number of hydrogen-bond acceptors (Lipinski definition) is 2. The lowest BCUT2D eigenvalue weighted by Crippen LogP contribution is -2.32. The van der Waals surface area contributed by atoms with Crippen LogP contribution in [0.1, 0.15) is 31.2 Å². The van der Waals surface area contributed by atoms with Gasteiger partial charge in [-0.2, -0.15) is 0 Å². The van der Waals surface area contributed by atoms with Crippen LogP contribution < -0.4 is 5.73 Å². The van der Waals surface area contributed by atoms with Crippen LogP contribution in [0.5, 0.6) is 0 Å². The Labute approximate surface area is 144 Å². The number of fused-ring (bicyclic) bond motifs is 1. The highest BCUT2D eigenvalue weighted by Gasteiger charge is 2.27. The summed E-state index contributed by atoms with van der Waals surface area (Å²) in [5, 5.41) is 2.45. The number of benzene rings is 2. The third-order valence-electron chi connectivity index (χ3n) is 4.81. The topological polar surface area (TPSA) is 46.3 Å². The summed E-state index contributed by atoms with van der Waals surface area (Å²) in [6, 6.07) is 14.9. The van der Waals surface area contributed by atoms with E-state index in [9.17, 15) is 4.79 Å². The maximum Gasteiger partial charge on any atom is 0.222 e. The van der Waals surface area contributed by atoms with E-state index in [0.717, 1.165) is 19.3 Å². The van der Waals surface area contributed by atoms with Gasteiger partial charge in [-0.25, -0.2) is 0 Å². The van der Waals surface area contributed by atoms with Crippen LogP contribution >= 0.6 is 12.4 Å². The van der Waals surface area contributed by atoms with E-state index in [0.29, 0.717) is 18.9 Å². The van der Waals surface area contributed by atoms with E-state index in [4.69, 9.17) is 5.73 Å². The molecule has 1 fully saturated rings. The van der Waals surface area contributed by atoms with Gasteiger partial charge in [-0.1, -0.05) is 42.8 Å². The van der Waals surface area contributed by atoms with E-state index in [1.807, 2.05) is 24.1 Å². The van der Waals surface area contributed by atoms with Gasteiger partial charge in [0.25, 0.3) is 0 Å². The minimum atomic E-state index is 0. The quantitative estimate of drug-likeness (QED) is 0.927. The highest BCUT2D eigenvalue weighted by molar-refractivity contribution is 5.85. The molecule has 1 saturated carbocycles. The van der Waals surface area contributed by atoms with Crippen molar-refractivity contribution in [1.82, 2.24) is 4.90 Å². The molecule has 2 atom stereocenters. The van der Waals surface area contributed by atoms with Crippen molar-refractivity contribution in [3.8, 4) is 0 Å². The van der Waals surface area contributed by atoms with Gasteiger partial charge in [0.15, 0.2) is 0 Å². The third kappa shape index (κ3) is 4.24. The summed E-state index contributed by atoms with van der Waals surface area (Å²) in [6.07, 6.45) is 3.90. The first-order valence-electron chi connectivity index (χ1n) is 8.11. The average molecular weight is 333 g/mol. The molecule has 2 N–H and O–H groups in total. The van der Waals surface area contributed by atoms with Crippen LogP contribution in [0.25, 0.3) is 10.8 Å². The second-order valence-electron chi connectivity index (χ2n) is 6.49. The minimum absolute atomic E-state index is 0. The van der Waals surface area contributed by atoms with Gasteiger partial charge in [0.1, 0.15) is 0 Å². The molecule has 3 nitrogen and oxygen atoms in total. The predicted molar refractivity (Wildman–Crippen MR) is 97.6 cm³/mol. The molecule has 0 spiro atoms. The Bertz CT molecular complexity index is 673. The number of carbonyl (C=O) groups is 1. The summed E-state index contributed by atoms with van der Waals surface area (Å²) in [4.78, 5) is 14.2. The van der Waals surface area contributed by atoms with Crippen LogP contribution in [0.3, 0.4) is 0 Å². The van der Waals surface area contributed by atoms with Gasteiger partial charge in [-0.15, -0.1) is 12.4 Å². The van der Waals surface area contributed by atoms with Gasteiger partial charge in [0.05, 0.1) is 0 Å². The number of carbonyl (C=O) groups excluding carboxylic acids is 1. The Morgan fingerprint density at radius 1 is 1.17 bits per heavy atom. The summed E-state index contributed by atoms with van der Waals surface area (Å²) in [7, 11) is 1.89. The minimum Gasteiger partial charge on any atom is -0.341 e. The van der Waals surface area contributed by atoms with Crippen LogP contribution in [-0.4, -0.2) is 23.9 Å². The molecule has 0 unspecified atom stereocenters. The standard InChI is InChI=1S/C19H24N2O.ClH/c1-21(19(22)12-17-7-4-8-18(17)20)13-14-9-10-15-5-2-3-6-16(15)11-14;/h2-3,5-6,9-11,17-18H,4,7-8,12-13,20H2,1H3;1H/t17-,18+;/m0./s1. The van der Waals surface area contributed by atoms with Crippen molar-refractivity contribution < 1.29 is 4.79 Å². The molecule has 2 aromatic rings. The molecule has 0 aliphatic heterocycles. The molecule has 23 heavy (non-hydrogen) atoms. The van der Waals surface area contributed by atoms with Crippen molar-refractivity contribution in [2.24, 2.45) is 11.7 Å². The molecule has 0 bridgehead atoms. The van der Waals surface area contributed by atoms with Crippen molar-refractivity contribution >= 4 is 29.1 Å². The first-order valence-corrected chi connectivity index (χ1v) is 8.11. The fourth-order valence-electron chi connectivity index (χ4n) is 3.40. The number of halogens is 1. The largest absolute Gasteiger partial charge is 0.341 e. The second-order valence-corrected chi connectivity index (χ2v) is 6.49. The zero-order chi connectivity index (χ0) is 15.5. The van der Waals surface area contributed by atoms with Gasteiger partial charge < -0.3 is 10.6 Å². The molecule has 0 heterocycles. The average Bonchev–Trinajstić information content (AvgIpc) is 2.92. The molecule has 4 heteroatoms. The number of rotatable bonds is 4. The first-order chi connectivity index (χ1) is 10.6. The van der Waals surface area contributed by atoms with Crippen molar-refractivity contribution in [2.45, 2.75) is 38.3 Å². The summed E-state index contributed by atoms with van der Waals surface area (Å²) in [5.41, 5.74) is 7.24. The van der Waals surface area contributed by atoms with Gasteiger partial charge in [-0.05, 0) is 41.2 Å². The molecule has 2 aromatic carbocycles. The number of amides is 1. The fourth-order valence-corrected chi connectivity index (χ4v) is 3.40. The summed E-state index contributed by atoms with van der Waals surface area (Å²) in [6.45, 7) is 0.658. The maximum absolute atomic E-state index is 12.4. The smallest absolute Gasteiger partial charge is 0.222 e. The Morgan fingerprint density at radius 2 is 1.91 bits per heavy atom. The van der Waals surface area contributed by atoms with E-state index in [2.05, 4.69) is 30.3 Å². The molecular formula is C19H25ClN2O. The molecule has 0 radical (unpaired) electrons. The highest BCUT2D eigenvalue weighted by atomic mass is 35.5.